The maximum atomic E-state index is 11.5. The Morgan fingerprint density at radius 3 is 2.35 bits per heavy atom. The highest BCUT2D eigenvalue weighted by atomic mass is 35.5. The van der Waals surface area contributed by atoms with E-state index in [-0.39, 0.29) is 11.5 Å². The summed E-state index contributed by atoms with van der Waals surface area (Å²) in [6.45, 7) is 1.51. The fraction of sp³-hybridized carbons (Fsp3) is 0.0714. The number of aromatic hydroxyl groups is 1. The van der Waals surface area contributed by atoms with Crippen LogP contribution in [-0.4, -0.2) is 10.9 Å². The molecule has 0 aromatic heterocycles. The van der Waals surface area contributed by atoms with E-state index in [0.29, 0.717) is 16.1 Å². The van der Waals surface area contributed by atoms with E-state index in [0.717, 1.165) is 5.56 Å². The Labute approximate surface area is 104 Å². The number of halogens is 1. The van der Waals surface area contributed by atoms with Crippen LogP contribution in [0.3, 0.4) is 0 Å². The van der Waals surface area contributed by atoms with Crippen LogP contribution in [0.2, 0.25) is 5.02 Å². The second-order valence-electron chi connectivity index (χ2n) is 3.79. The lowest BCUT2D eigenvalue weighted by molar-refractivity contribution is 0.101. The minimum Gasteiger partial charge on any atom is -0.508 e. The predicted octanol–water partition coefficient (Wildman–Crippen LogP) is 3.92. The molecule has 3 heteroatoms. The Balaban J connectivity index is 2.60. The largest absolute Gasteiger partial charge is 0.508 e. The third-order valence-corrected chi connectivity index (χ3v) is 2.79. The molecule has 1 N–H and O–H groups in total. The second-order valence-corrected chi connectivity index (χ2v) is 4.23. The van der Waals surface area contributed by atoms with Gasteiger partial charge in [0.25, 0.3) is 0 Å². The molecule has 86 valence electrons. The lowest BCUT2D eigenvalue weighted by Crippen LogP contribution is -1.95. The maximum absolute atomic E-state index is 11.5. The molecule has 0 atom stereocenters. The summed E-state index contributed by atoms with van der Waals surface area (Å²) in [7, 11) is 0. The van der Waals surface area contributed by atoms with E-state index in [1.54, 1.807) is 24.3 Å². The minimum atomic E-state index is -0.0325. The Hall–Kier alpha value is -1.80. The van der Waals surface area contributed by atoms with Gasteiger partial charge in [0.05, 0.1) is 0 Å². The quantitative estimate of drug-likeness (QED) is 0.816. The summed E-state index contributed by atoms with van der Waals surface area (Å²) in [5.74, 6) is 0.106. The average molecular weight is 247 g/mol. The number of benzene rings is 2. The number of phenols is 1. The number of Topliss-reactive ketones (excluding diaryl/α,β-unsaturated/α-hetero) is 1. The molecule has 0 saturated carbocycles. The molecule has 0 spiro atoms. The van der Waals surface area contributed by atoms with Crippen LogP contribution >= 0.6 is 11.6 Å². The van der Waals surface area contributed by atoms with Gasteiger partial charge in [0.15, 0.2) is 5.78 Å². The van der Waals surface area contributed by atoms with Crippen LogP contribution in [0.15, 0.2) is 42.5 Å². The first-order valence-corrected chi connectivity index (χ1v) is 5.55. The average Bonchev–Trinajstić information content (AvgIpc) is 2.29. The van der Waals surface area contributed by atoms with Gasteiger partial charge < -0.3 is 5.11 Å². The van der Waals surface area contributed by atoms with Crippen LogP contribution in [0.25, 0.3) is 11.1 Å². The van der Waals surface area contributed by atoms with Crippen molar-refractivity contribution in [1.29, 1.82) is 0 Å². The molecule has 0 unspecified atom stereocenters. The van der Waals surface area contributed by atoms with Gasteiger partial charge in [0.1, 0.15) is 5.75 Å². The summed E-state index contributed by atoms with van der Waals surface area (Å²) in [4.78, 5) is 11.5. The molecule has 2 aromatic rings. The topological polar surface area (TPSA) is 37.3 Å². The van der Waals surface area contributed by atoms with Crippen molar-refractivity contribution in [3.8, 4) is 16.9 Å². The van der Waals surface area contributed by atoms with E-state index in [1.165, 1.54) is 13.0 Å². The number of phenolic OH excluding ortho intramolecular Hbond substituents is 1. The van der Waals surface area contributed by atoms with Gasteiger partial charge in [-0.2, -0.15) is 0 Å². The van der Waals surface area contributed by atoms with Gasteiger partial charge in [-0.1, -0.05) is 23.7 Å². The van der Waals surface area contributed by atoms with Crippen LogP contribution in [0.1, 0.15) is 17.3 Å². The van der Waals surface area contributed by atoms with E-state index in [2.05, 4.69) is 0 Å². The predicted molar refractivity (Wildman–Crippen MR) is 68.6 cm³/mol. The number of hydrogen-bond donors (Lipinski definition) is 1. The van der Waals surface area contributed by atoms with Crippen LogP contribution < -0.4 is 0 Å². The van der Waals surface area contributed by atoms with Crippen molar-refractivity contribution < 1.29 is 9.90 Å². The van der Waals surface area contributed by atoms with Crippen molar-refractivity contribution in [2.45, 2.75) is 6.92 Å². The highest BCUT2D eigenvalue weighted by Gasteiger charge is 2.09. The zero-order chi connectivity index (χ0) is 12.4. The van der Waals surface area contributed by atoms with E-state index in [9.17, 15) is 9.90 Å². The highest BCUT2D eigenvalue weighted by Crippen LogP contribution is 2.28. The van der Waals surface area contributed by atoms with E-state index < -0.39 is 0 Å². The molecule has 0 fully saturated rings. The molecule has 2 aromatic carbocycles. The molecule has 17 heavy (non-hydrogen) atoms. The summed E-state index contributed by atoms with van der Waals surface area (Å²) >= 11 is 5.82. The lowest BCUT2D eigenvalue weighted by Gasteiger charge is -2.08. The minimum absolute atomic E-state index is 0.0325. The van der Waals surface area contributed by atoms with E-state index in [1.807, 2.05) is 12.1 Å². The summed E-state index contributed by atoms with van der Waals surface area (Å²) in [6.07, 6.45) is 0. The summed E-state index contributed by atoms with van der Waals surface area (Å²) in [6, 6.07) is 11.9. The third-order valence-electron chi connectivity index (χ3n) is 2.54. The molecule has 0 aliphatic heterocycles. The van der Waals surface area contributed by atoms with Crippen LogP contribution in [0.5, 0.6) is 5.75 Å². The Morgan fingerprint density at radius 1 is 1.12 bits per heavy atom. The number of carbonyl (C=O) groups is 1. The zero-order valence-corrected chi connectivity index (χ0v) is 10.0. The van der Waals surface area contributed by atoms with Gasteiger partial charge in [0.2, 0.25) is 0 Å². The fourth-order valence-corrected chi connectivity index (χ4v) is 1.83. The molecule has 0 amide bonds. The normalized spacial score (nSPS) is 10.2. The molecule has 0 heterocycles. The Kier molecular flexibility index (Phi) is 3.16. The monoisotopic (exact) mass is 246 g/mol. The molecular formula is C14H11ClO2. The first-order chi connectivity index (χ1) is 8.08. The van der Waals surface area contributed by atoms with Crippen molar-refractivity contribution in [3.05, 3.63) is 53.1 Å². The van der Waals surface area contributed by atoms with Crippen molar-refractivity contribution >= 4 is 17.4 Å². The molecule has 2 rings (SSSR count). The molecule has 0 saturated heterocycles. The smallest absolute Gasteiger partial charge is 0.160 e. The first kappa shape index (κ1) is 11.7. The number of ketones is 1. The van der Waals surface area contributed by atoms with Gasteiger partial charge in [0, 0.05) is 10.6 Å². The lowest BCUT2D eigenvalue weighted by atomic mass is 9.97. The fourth-order valence-electron chi connectivity index (χ4n) is 1.71. The highest BCUT2D eigenvalue weighted by molar-refractivity contribution is 6.30. The summed E-state index contributed by atoms with van der Waals surface area (Å²) in [5, 5.41) is 10.1. The van der Waals surface area contributed by atoms with E-state index >= 15 is 0 Å². The first-order valence-electron chi connectivity index (χ1n) is 5.18. The number of carbonyl (C=O) groups excluding carboxylic acids is 1. The maximum Gasteiger partial charge on any atom is 0.160 e. The molecule has 0 aliphatic carbocycles. The van der Waals surface area contributed by atoms with E-state index in [4.69, 9.17) is 11.6 Å². The zero-order valence-electron chi connectivity index (χ0n) is 9.27. The van der Waals surface area contributed by atoms with Crippen LogP contribution in [0.4, 0.5) is 0 Å². The van der Waals surface area contributed by atoms with Gasteiger partial charge in [-0.3, -0.25) is 4.79 Å². The molecule has 2 nitrogen and oxygen atoms in total. The molecule has 0 aliphatic rings. The second kappa shape index (κ2) is 4.60. The number of rotatable bonds is 2. The molecular weight excluding hydrogens is 236 g/mol. The Morgan fingerprint density at radius 2 is 1.76 bits per heavy atom. The molecule has 0 radical (unpaired) electrons. The van der Waals surface area contributed by atoms with Gasteiger partial charge in [-0.15, -0.1) is 0 Å². The number of hydrogen-bond acceptors (Lipinski definition) is 2. The van der Waals surface area contributed by atoms with Gasteiger partial charge in [-0.25, -0.2) is 0 Å². The Bertz CT molecular complexity index is 559. The van der Waals surface area contributed by atoms with Crippen LogP contribution in [0, 0.1) is 0 Å². The SMILES string of the molecule is CC(=O)c1ccc(O)cc1-c1ccc(Cl)cc1. The summed E-state index contributed by atoms with van der Waals surface area (Å²) < 4.78 is 0. The third kappa shape index (κ3) is 2.48. The van der Waals surface area contributed by atoms with Crippen LogP contribution in [-0.2, 0) is 0 Å². The molecule has 0 bridgehead atoms. The van der Waals surface area contributed by atoms with Crippen molar-refractivity contribution in [2.75, 3.05) is 0 Å². The standard InChI is InChI=1S/C14H11ClO2/c1-9(16)13-7-6-12(17)8-14(13)10-2-4-11(15)5-3-10/h2-8,17H,1H3. The summed E-state index contributed by atoms with van der Waals surface area (Å²) in [5.41, 5.74) is 2.16. The van der Waals surface area contributed by atoms with Crippen molar-refractivity contribution in [2.24, 2.45) is 0 Å². The van der Waals surface area contributed by atoms with Gasteiger partial charge >= 0.3 is 0 Å². The van der Waals surface area contributed by atoms with Crippen molar-refractivity contribution in [3.63, 3.8) is 0 Å². The van der Waals surface area contributed by atoms with Crippen molar-refractivity contribution in [1.82, 2.24) is 0 Å². The van der Waals surface area contributed by atoms with Gasteiger partial charge in [-0.05, 0) is 48.4 Å².